The number of thioether (sulfide) groups is 1. The number of amides is 3. The maximum Gasteiger partial charge on any atom is 0.321 e. The van der Waals surface area contributed by atoms with Crippen LogP contribution in [0, 0.1) is 0 Å². The molecule has 2 heterocycles. The van der Waals surface area contributed by atoms with Crippen LogP contribution in [-0.2, 0) is 26.1 Å². The second kappa shape index (κ2) is 11.4. The van der Waals surface area contributed by atoms with E-state index in [1.165, 1.54) is 4.31 Å². The van der Waals surface area contributed by atoms with Gasteiger partial charge in [-0.15, -0.1) is 16.8 Å². The zero-order chi connectivity index (χ0) is 23.8. The highest BCUT2D eigenvalue weighted by Gasteiger charge is 2.27. The van der Waals surface area contributed by atoms with Crippen molar-refractivity contribution < 1.29 is 22.7 Å². The minimum atomic E-state index is -3.67. The van der Waals surface area contributed by atoms with Crippen LogP contribution in [0.2, 0.25) is 0 Å². The van der Waals surface area contributed by atoms with Crippen molar-refractivity contribution in [1.82, 2.24) is 29.7 Å². The number of rotatable bonds is 9. The van der Waals surface area contributed by atoms with Crippen molar-refractivity contribution in [2.24, 2.45) is 0 Å². The SMILES string of the molecule is C=CCn1c(SCC(=O)NC(=O)NCC)nnc1-c1cccc(S(=O)(=O)N2CCOCC2)c1. The van der Waals surface area contributed by atoms with Gasteiger partial charge >= 0.3 is 6.03 Å². The molecule has 3 amide bonds. The van der Waals surface area contributed by atoms with Crippen LogP contribution in [0.5, 0.6) is 0 Å². The fourth-order valence-corrected chi connectivity index (χ4v) is 5.33. The highest BCUT2D eigenvalue weighted by Crippen LogP contribution is 2.27. The average molecular weight is 495 g/mol. The monoisotopic (exact) mass is 494 g/mol. The zero-order valence-corrected chi connectivity index (χ0v) is 19.8. The summed E-state index contributed by atoms with van der Waals surface area (Å²) in [6, 6.07) is 5.95. The molecule has 11 nitrogen and oxygen atoms in total. The van der Waals surface area contributed by atoms with Crippen LogP contribution in [0.4, 0.5) is 4.79 Å². The highest BCUT2D eigenvalue weighted by atomic mass is 32.2. The lowest BCUT2D eigenvalue weighted by Crippen LogP contribution is -2.40. The van der Waals surface area contributed by atoms with Crippen molar-refractivity contribution in [2.75, 3.05) is 38.6 Å². The van der Waals surface area contributed by atoms with Crippen LogP contribution in [0.3, 0.4) is 0 Å². The van der Waals surface area contributed by atoms with Gasteiger partial charge in [0, 0.05) is 31.7 Å². The molecule has 1 aromatic carbocycles. The Bertz CT molecular complexity index is 1110. The summed E-state index contributed by atoms with van der Waals surface area (Å²) in [6.45, 7) is 7.59. The van der Waals surface area contributed by atoms with Gasteiger partial charge in [-0.1, -0.05) is 30.0 Å². The highest BCUT2D eigenvalue weighted by molar-refractivity contribution is 7.99. The van der Waals surface area contributed by atoms with Gasteiger partial charge in [0.1, 0.15) is 0 Å². The maximum absolute atomic E-state index is 13.0. The summed E-state index contributed by atoms with van der Waals surface area (Å²) >= 11 is 1.11. The number of hydrogen-bond acceptors (Lipinski definition) is 8. The van der Waals surface area contributed by atoms with Gasteiger partial charge in [0.25, 0.3) is 0 Å². The third kappa shape index (κ3) is 6.19. The molecule has 0 aliphatic carbocycles. The number of nitrogens with one attached hydrogen (secondary N) is 2. The summed E-state index contributed by atoms with van der Waals surface area (Å²) in [6.07, 6.45) is 1.65. The Balaban J connectivity index is 1.81. The lowest BCUT2D eigenvalue weighted by Gasteiger charge is -2.26. The van der Waals surface area contributed by atoms with Gasteiger partial charge in [-0.25, -0.2) is 13.2 Å². The fraction of sp³-hybridized carbons (Fsp3) is 0.400. The average Bonchev–Trinajstić information content (AvgIpc) is 3.21. The summed E-state index contributed by atoms with van der Waals surface area (Å²) in [7, 11) is -3.67. The fourth-order valence-electron chi connectivity index (χ4n) is 3.13. The summed E-state index contributed by atoms with van der Waals surface area (Å²) in [5.74, 6) is -0.0717. The second-order valence-electron chi connectivity index (χ2n) is 6.95. The number of carbonyl (C=O) groups excluding carboxylic acids is 2. The number of morpholine rings is 1. The first kappa shape index (κ1) is 24.9. The van der Waals surface area contributed by atoms with E-state index in [2.05, 4.69) is 27.4 Å². The van der Waals surface area contributed by atoms with Gasteiger partial charge in [0.2, 0.25) is 15.9 Å². The lowest BCUT2D eigenvalue weighted by atomic mass is 10.2. The van der Waals surface area contributed by atoms with Crippen LogP contribution in [0.1, 0.15) is 6.92 Å². The first-order chi connectivity index (χ1) is 15.9. The largest absolute Gasteiger partial charge is 0.379 e. The summed E-state index contributed by atoms with van der Waals surface area (Å²) < 4.78 is 34.4. The Morgan fingerprint density at radius 1 is 1.27 bits per heavy atom. The maximum atomic E-state index is 13.0. The van der Waals surface area contributed by atoms with Crippen LogP contribution < -0.4 is 10.6 Å². The van der Waals surface area contributed by atoms with E-state index in [1.807, 2.05) is 0 Å². The molecule has 33 heavy (non-hydrogen) atoms. The molecular formula is C20H26N6O5S2. The molecule has 1 fully saturated rings. The number of aromatic nitrogens is 3. The number of hydrogen-bond donors (Lipinski definition) is 2. The molecule has 3 rings (SSSR count). The number of nitrogens with zero attached hydrogens (tertiary/aromatic N) is 4. The third-order valence-electron chi connectivity index (χ3n) is 4.65. The molecule has 1 aliphatic heterocycles. The van der Waals surface area contributed by atoms with E-state index in [4.69, 9.17) is 4.74 Å². The van der Waals surface area contributed by atoms with Crippen LogP contribution in [0.25, 0.3) is 11.4 Å². The molecule has 1 aliphatic rings. The molecule has 0 atom stereocenters. The standard InChI is InChI=1S/C20H26N6O5S2/c1-3-8-26-18(23-24-20(26)32-14-17(27)22-19(28)21-4-2)15-6-5-7-16(13-15)33(29,30)25-9-11-31-12-10-25/h3,5-7,13H,1,4,8-12,14H2,2H3,(H2,21,22,27,28). The van der Waals surface area contributed by atoms with E-state index in [0.717, 1.165) is 11.8 Å². The smallest absolute Gasteiger partial charge is 0.321 e. The van der Waals surface area contributed by atoms with E-state index in [1.54, 1.807) is 41.8 Å². The van der Waals surface area contributed by atoms with Gasteiger partial charge < -0.3 is 10.1 Å². The van der Waals surface area contributed by atoms with E-state index in [9.17, 15) is 18.0 Å². The van der Waals surface area contributed by atoms with Gasteiger partial charge in [-0.3, -0.25) is 14.7 Å². The normalized spacial score (nSPS) is 14.6. The van der Waals surface area contributed by atoms with Crippen molar-refractivity contribution in [1.29, 1.82) is 0 Å². The summed E-state index contributed by atoms with van der Waals surface area (Å²) in [5, 5.41) is 13.5. The second-order valence-corrected chi connectivity index (χ2v) is 9.83. The Kier molecular flexibility index (Phi) is 8.61. The Labute approximate surface area is 196 Å². The number of sulfonamides is 1. The topological polar surface area (TPSA) is 136 Å². The van der Waals surface area contributed by atoms with Crippen LogP contribution in [-0.4, -0.2) is 78.0 Å². The Hall–Kier alpha value is -2.74. The molecule has 0 bridgehead atoms. The van der Waals surface area contributed by atoms with Crippen molar-refractivity contribution in [3.05, 3.63) is 36.9 Å². The molecule has 2 N–H and O–H groups in total. The number of allylic oxidation sites excluding steroid dienone is 1. The van der Waals surface area contributed by atoms with Crippen molar-refractivity contribution in [3.8, 4) is 11.4 Å². The van der Waals surface area contributed by atoms with E-state index in [0.29, 0.717) is 55.9 Å². The molecule has 0 unspecified atom stereocenters. The third-order valence-corrected chi connectivity index (χ3v) is 7.51. The van der Waals surface area contributed by atoms with Gasteiger partial charge in [0.05, 0.1) is 23.9 Å². The van der Waals surface area contributed by atoms with Gasteiger partial charge in [0.15, 0.2) is 11.0 Å². The minimum Gasteiger partial charge on any atom is -0.379 e. The molecule has 1 aromatic heterocycles. The molecule has 1 saturated heterocycles. The molecular weight excluding hydrogens is 468 g/mol. The number of ether oxygens (including phenoxy) is 1. The summed E-state index contributed by atoms with van der Waals surface area (Å²) in [4.78, 5) is 23.7. The van der Waals surface area contributed by atoms with Crippen molar-refractivity contribution in [3.63, 3.8) is 0 Å². The predicted molar refractivity (Wildman–Crippen MR) is 123 cm³/mol. The Morgan fingerprint density at radius 3 is 2.73 bits per heavy atom. The first-order valence-electron chi connectivity index (χ1n) is 10.3. The molecule has 13 heteroatoms. The lowest BCUT2D eigenvalue weighted by molar-refractivity contribution is -0.117. The van der Waals surface area contributed by atoms with Crippen LogP contribution in [0.15, 0.2) is 47.0 Å². The van der Waals surface area contributed by atoms with Crippen molar-refractivity contribution >= 4 is 33.7 Å². The summed E-state index contributed by atoms with van der Waals surface area (Å²) in [5.41, 5.74) is 0.567. The quantitative estimate of drug-likeness (QED) is 0.391. The minimum absolute atomic E-state index is 0.0438. The van der Waals surface area contributed by atoms with Crippen molar-refractivity contribution in [2.45, 2.75) is 23.5 Å². The van der Waals surface area contributed by atoms with Gasteiger partial charge in [-0.2, -0.15) is 4.31 Å². The molecule has 178 valence electrons. The molecule has 0 saturated carbocycles. The van der Waals surface area contributed by atoms with E-state index >= 15 is 0 Å². The predicted octanol–water partition coefficient (Wildman–Crippen LogP) is 1.09. The van der Waals surface area contributed by atoms with Crippen LogP contribution >= 0.6 is 11.8 Å². The molecule has 2 aromatic rings. The number of urea groups is 1. The van der Waals surface area contributed by atoms with E-state index < -0.39 is 22.0 Å². The number of imide groups is 1. The first-order valence-corrected chi connectivity index (χ1v) is 12.7. The number of carbonyl (C=O) groups is 2. The Morgan fingerprint density at radius 2 is 2.03 bits per heavy atom. The van der Waals surface area contributed by atoms with E-state index in [-0.39, 0.29) is 10.6 Å². The number of benzene rings is 1. The van der Waals surface area contributed by atoms with Gasteiger partial charge in [-0.05, 0) is 19.1 Å². The zero-order valence-electron chi connectivity index (χ0n) is 18.2. The molecule has 0 spiro atoms. The molecule has 0 radical (unpaired) electrons.